The maximum Gasteiger partial charge on any atom is 0.243 e. The molecule has 0 spiro atoms. The van der Waals surface area contributed by atoms with Crippen molar-refractivity contribution in [2.75, 3.05) is 26.3 Å². The topological polar surface area (TPSA) is 79.2 Å². The van der Waals surface area contributed by atoms with Gasteiger partial charge in [-0.05, 0) is 30.3 Å². The van der Waals surface area contributed by atoms with Gasteiger partial charge in [0.2, 0.25) is 10.0 Å². The fourth-order valence-corrected chi connectivity index (χ4v) is 3.90. The summed E-state index contributed by atoms with van der Waals surface area (Å²) in [6, 6.07) is 6.96. The number of phenolic OH excluding ortho intramolecular Hbond substituents is 1. The van der Waals surface area contributed by atoms with Crippen LogP contribution in [0.1, 0.15) is 5.56 Å². The maximum atomic E-state index is 13.7. The van der Waals surface area contributed by atoms with Gasteiger partial charge in [-0.2, -0.15) is 4.31 Å². The lowest BCUT2D eigenvalue weighted by Gasteiger charge is -2.26. The molecule has 1 saturated heterocycles. The van der Waals surface area contributed by atoms with Gasteiger partial charge in [-0.1, -0.05) is 6.07 Å². The van der Waals surface area contributed by atoms with Crippen LogP contribution in [0.5, 0.6) is 5.75 Å². The smallest absolute Gasteiger partial charge is 0.243 e. The molecule has 0 radical (unpaired) electrons. The first-order chi connectivity index (χ1) is 12.4. The zero-order valence-electron chi connectivity index (χ0n) is 13.6. The van der Waals surface area contributed by atoms with Crippen molar-refractivity contribution in [3.05, 3.63) is 53.6 Å². The van der Waals surface area contributed by atoms with Crippen LogP contribution >= 0.6 is 0 Å². The van der Waals surface area contributed by atoms with Crippen molar-refractivity contribution in [1.82, 2.24) is 4.31 Å². The first-order valence-corrected chi connectivity index (χ1v) is 9.22. The maximum absolute atomic E-state index is 13.7. The molecular weight excluding hydrogens is 366 g/mol. The summed E-state index contributed by atoms with van der Waals surface area (Å²) >= 11 is 0. The fourth-order valence-electron chi connectivity index (χ4n) is 2.47. The third-order valence-corrected chi connectivity index (χ3v) is 5.78. The molecule has 138 valence electrons. The van der Waals surface area contributed by atoms with E-state index in [0.29, 0.717) is 13.2 Å². The minimum Gasteiger partial charge on any atom is -0.506 e. The van der Waals surface area contributed by atoms with Crippen LogP contribution in [0.4, 0.5) is 14.5 Å². The normalized spacial score (nSPS) is 16.2. The average Bonchev–Trinajstić information content (AvgIpc) is 2.63. The molecule has 1 heterocycles. The fraction of sp³-hybridized carbons (Fsp3) is 0.235. The van der Waals surface area contributed by atoms with E-state index in [1.807, 2.05) is 0 Å². The molecule has 0 amide bonds. The van der Waals surface area contributed by atoms with E-state index in [1.54, 1.807) is 0 Å². The molecule has 1 fully saturated rings. The summed E-state index contributed by atoms with van der Waals surface area (Å²) in [5, 5.41) is 9.90. The van der Waals surface area contributed by atoms with Crippen molar-refractivity contribution < 1.29 is 27.0 Å². The Morgan fingerprint density at radius 1 is 1.12 bits per heavy atom. The van der Waals surface area contributed by atoms with E-state index in [1.165, 1.54) is 22.5 Å². The number of aliphatic imine (C=N–C) groups is 1. The number of benzene rings is 2. The van der Waals surface area contributed by atoms with Crippen LogP contribution in [0.25, 0.3) is 0 Å². The number of rotatable bonds is 4. The number of phenols is 1. The summed E-state index contributed by atoms with van der Waals surface area (Å²) in [6.07, 6.45) is 0.908. The van der Waals surface area contributed by atoms with Crippen molar-refractivity contribution in [2.45, 2.75) is 4.90 Å². The zero-order chi connectivity index (χ0) is 18.7. The van der Waals surface area contributed by atoms with Crippen molar-refractivity contribution in [2.24, 2.45) is 4.99 Å². The summed E-state index contributed by atoms with van der Waals surface area (Å²) in [6.45, 7) is 1.05. The second-order valence-electron chi connectivity index (χ2n) is 5.56. The van der Waals surface area contributed by atoms with E-state index in [-0.39, 0.29) is 35.0 Å². The van der Waals surface area contributed by atoms with Crippen LogP contribution in [0, 0.1) is 11.6 Å². The van der Waals surface area contributed by atoms with E-state index in [4.69, 9.17) is 4.74 Å². The lowest BCUT2D eigenvalue weighted by molar-refractivity contribution is 0.0730. The van der Waals surface area contributed by atoms with Gasteiger partial charge in [-0.25, -0.2) is 17.2 Å². The lowest BCUT2D eigenvalue weighted by atomic mass is 10.2. The molecule has 0 bridgehead atoms. The molecule has 0 aromatic heterocycles. The summed E-state index contributed by atoms with van der Waals surface area (Å²) in [7, 11) is -3.78. The van der Waals surface area contributed by atoms with Crippen molar-refractivity contribution in [1.29, 1.82) is 0 Å². The molecule has 3 rings (SSSR count). The van der Waals surface area contributed by atoms with Gasteiger partial charge in [0.25, 0.3) is 0 Å². The van der Waals surface area contributed by atoms with E-state index in [2.05, 4.69) is 4.99 Å². The lowest BCUT2D eigenvalue weighted by Crippen LogP contribution is -2.40. The molecule has 0 aliphatic carbocycles. The van der Waals surface area contributed by atoms with Gasteiger partial charge in [-0.3, -0.25) is 4.99 Å². The van der Waals surface area contributed by atoms with E-state index < -0.39 is 21.7 Å². The zero-order valence-corrected chi connectivity index (χ0v) is 14.4. The highest BCUT2D eigenvalue weighted by atomic mass is 32.2. The Labute approximate surface area is 149 Å². The molecule has 6 nitrogen and oxygen atoms in total. The molecule has 1 aliphatic heterocycles. The highest BCUT2D eigenvalue weighted by Crippen LogP contribution is 2.30. The summed E-state index contributed by atoms with van der Waals surface area (Å²) in [5.74, 6) is -1.94. The number of morpholine rings is 1. The molecule has 9 heteroatoms. The predicted molar refractivity (Wildman–Crippen MR) is 91.3 cm³/mol. The Balaban J connectivity index is 1.94. The van der Waals surface area contributed by atoms with Crippen LogP contribution in [-0.2, 0) is 14.8 Å². The van der Waals surface area contributed by atoms with Gasteiger partial charge >= 0.3 is 0 Å². The second kappa shape index (κ2) is 7.48. The number of sulfonamides is 1. The standard InChI is InChI=1S/C17H16F2N2O4S/c18-14-2-1-3-15(19)13(14)11-20-16-10-12(4-5-17(16)22)26(23,24)21-6-8-25-9-7-21/h1-5,10-11,22H,6-9H2. The summed E-state index contributed by atoms with van der Waals surface area (Å²) in [5.41, 5.74) is -0.490. The number of halogens is 2. The molecule has 26 heavy (non-hydrogen) atoms. The SMILES string of the molecule is O=S(=O)(c1ccc(O)c(N=Cc2c(F)cccc2F)c1)N1CCOCC1. The van der Waals surface area contributed by atoms with Crippen LogP contribution < -0.4 is 0 Å². The van der Waals surface area contributed by atoms with Crippen molar-refractivity contribution >= 4 is 21.9 Å². The highest BCUT2D eigenvalue weighted by molar-refractivity contribution is 7.89. The largest absolute Gasteiger partial charge is 0.506 e. The summed E-state index contributed by atoms with van der Waals surface area (Å²) in [4.78, 5) is 3.78. The number of aromatic hydroxyl groups is 1. The van der Waals surface area contributed by atoms with Crippen LogP contribution in [0.3, 0.4) is 0 Å². The third-order valence-electron chi connectivity index (χ3n) is 3.89. The first-order valence-electron chi connectivity index (χ1n) is 7.78. The average molecular weight is 382 g/mol. The van der Waals surface area contributed by atoms with Crippen LogP contribution in [-0.4, -0.2) is 50.3 Å². The predicted octanol–water partition coefficient (Wildman–Crippen LogP) is 2.44. The van der Waals surface area contributed by atoms with E-state index in [9.17, 15) is 22.3 Å². The molecule has 0 atom stereocenters. The van der Waals surface area contributed by atoms with Gasteiger partial charge in [0.15, 0.2) is 0 Å². The molecular formula is C17H16F2N2O4S. The molecule has 1 N–H and O–H groups in total. The minimum atomic E-state index is -3.78. The summed E-state index contributed by atoms with van der Waals surface area (Å²) < 4.78 is 59.0. The Bertz CT molecular complexity index is 922. The molecule has 2 aromatic carbocycles. The third kappa shape index (κ3) is 3.74. The monoisotopic (exact) mass is 382 g/mol. The first kappa shape index (κ1) is 18.4. The molecule has 2 aromatic rings. The number of hydrogen-bond donors (Lipinski definition) is 1. The van der Waals surface area contributed by atoms with E-state index >= 15 is 0 Å². The molecule has 0 saturated carbocycles. The van der Waals surface area contributed by atoms with Crippen molar-refractivity contribution in [3.8, 4) is 5.75 Å². The highest BCUT2D eigenvalue weighted by Gasteiger charge is 2.26. The quantitative estimate of drug-likeness (QED) is 0.824. The van der Waals surface area contributed by atoms with E-state index in [0.717, 1.165) is 24.4 Å². The van der Waals surface area contributed by atoms with Gasteiger partial charge in [-0.15, -0.1) is 0 Å². The Morgan fingerprint density at radius 3 is 2.42 bits per heavy atom. The van der Waals surface area contributed by atoms with Gasteiger partial charge in [0, 0.05) is 19.3 Å². The van der Waals surface area contributed by atoms with Gasteiger partial charge < -0.3 is 9.84 Å². The second-order valence-corrected chi connectivity index (χ2v) is 7.50. The van der Waals surface area contributed by atoms with Gasteiger partial charge in [0.1, 0.15) is 23.1 Å². The van der Waals surface area contributed by atoms with Gasteiger partial charge in [0.05, 0.1) is 23.7 Å². The number of nitrogens with zero attached hydrogens (tertiary/aromatic N) is 2. The Hall–Kier alpha value is -2.36. The number of hydrogen-bond acceptors (Lipinski definition) is 5. The minimum absolute atomic E-state index is 0.0710. The van der Waals surface area contributed by atoms with Crippen LogP contribution in [0.2, 0.25) is 0 Å². The molecule has 0 unspecified atom stereocenters. The number of ether oxygens (including phenoxy) is 1. The Morgan fingerprint density at radius 2 is 1.77 bits per heavy atom. The van der Waals surface area contributed by atoms with Crippen LogP contribution in [0.15, 0.2) is 46.3 Å². The van der Waals surface area contributed by atoms with Crippen molar-refractivity contribution in [3.63, 3.8) is 0 Å². The molecule has 1 aliphatic rings. The Kier molecular flexibility index (Phi) is 5.30.